The van der Waals surface area contributed by atoms with Crippen molar-refractivity contribution in [1.29, 1.82) is 0 Å². The summed E-state index contributed by atoms with van der Waals surface area (Å²) in [4.78, 5) is 16.7. The molecule has 1 N–H and O–H groups in total. The number of nitrogens with zero attached hydrogens (tertiary/aromatic N) is 2. The Morgan fingerprint density at radius 3 is 2.42 bits per heavy atom. The first-order chi connectivity index (χ1) is 14.5. The molecule has 1 heterocycles. The summed E-state index contributed by atoms with van der Waals surface area (Å²) in [6, 6.07) is 12.9. The number of nitrogens with one attached hydrogen (secondary N) is 1. The number of carbonyl (C=O) groups excluding carboxylic acids is 1. The van der Waals surface area contributed by atoms with Crippen molar-refractivity contribution in [1.82, 2.24) is 14.9 Å². The Labute approximate surface area is 178 Å². The van der Waals surface area contributed by atoms with Gasteiger partial charge in [-0.25, -0.2) is 4.98 Å². The molecule has 0 bridgehead atoms. The van der Waals surface area contributed by atoms with Crippen LogP contribution in [-0.4, -0.2) is 28.4 Å². The van der Waals surface area contributed by atoms with E-state index < -0.39 is 6.36 Å². The number of carbonyl (C=O) groups is 1. The smallest absolute Gasteiger partial charge is 0.406 e. The molecule has 0 aliphatic heterocycles. The van der Waals surface area contributed by atoms with Gasteiger partial charge in [0.25, 0.3) is 5.91 Å². The number of imidazole rings is 1. The molecule has 1 amide bonds. The van der Waals surface area contributed by atoms with Crippen LogP contribution in [0.25, 0.3) is 16.8 Å². The monoisotopic (exact) mass is 431 g/mol. The van der Waals surface area contributed by atoms with Gasteiger partial charge in [0, 0.05) is 12.2 Å². The van der Waals surface area contributed by atoms with Gasteiger partial charge in [0.15, 0.2) is 0 Å². The first kappa shape index (κ1) is 22.4. The van der Waals surface area contributed by atoms with E-state index in [0.717, 1.165) is 6.42 Å². The van der Waals surface area contributed by atoms with Crippen molar-refractivity contribution in [2.75, 3.05) is 6.54 Å². The molecule has 5 nitrogen and oxygen atoms in total. The normalized spacial score (nSPS) is 11.9. The predicted molar refractivity (Wildman–Crippen MR) is 112 cm³/mol. The fourth-order valence-electron chi connectivity index (χ4n) is 3.02. The second-order valence-electron chi connectivity index (χ2n) is 8.34. The molecule has 0 atom stereocenters. The van der Waals surface area contributed by atoms with Gasteiger partial charge in [-0.3, -0.25) is 9.36 Å². The number of ether oxygens (including phenoxy) is 1. The average Bonchev–Trinajstić information content (AvgIpc) is 3.16. The van der Waals surface area contributed by atoms with Gasteiger partial charge in [0.05, 0.1) is 12.5 Å². The minimum atomic E-state index is -4.76. The fraction of sp³-hybridized carbons (Fsp3) is 0.304. The minimum absolute atomic E-state index is 0.103. The summed E-state index contributed by atoms with van der Waals surface area (Å²) in [5, 5.41) is 2.90. The molecule has 8 heteroatoms. The Morgan fingerprint density at radius 1 is 1.06 bits per heavy atom. The van der Waals surface area contributed by atoms with E-state index in [9.17, 15) is 18.0 Å². The Hall–Kier alpha value is -3.29. The van der Waals surface area contributed by atoms with Crippen LogP contribution in [-0.2, 0) is 0 Å². The third kappa shape index (κ3) is 6.34. The number of alkyl halides is 3. The zero-order valence-corrected chi connectivity index (χ0v) is 17.5. The van der Waals surface area contributed by atoms with E-state index >= 15 is 0 Å². The molecule has 2 aromatic carbocycles. The maximum Gasteiger partial charge on any atom is 0.573 e. The summed E-state index contributed by atoms with van der Waals surface area (Å²) in [5.41, 5.74) is 2.38. The molecule has 0 spiro atoms. The number of aromatic nitrogens is 2. The van der Waals surface area contributed by atoms with Crippen molar-refractivity contribution in [2.45, 2.75) is 33.6 Å². The van der Waals surface area contributed by atoms with Gasteiger partial charge >= 0.3 is 6.36 Å². The molecular weight excluding hydrogens is 407 g/mol. The van der Waals surface area contributed by atoms with Crippen LogP contribution in [0.2, 0.25) is 0 Å². The maximum atomic E-state index is 12.6. The molecule has 0 saturated heterocycles. The van der Waals surface area contributed by atoms with Crippen LogP contribution < -0.4 is 10.1 Å². The molecule has 0 aliphatic rings. The lowest BCUT2D eigenvalue weighted by molar-refractivity contribution is -0.274. The van der Waals surface area contributed by atoms with Gasteiger partial charge in [-0.15, -0.1) is 13.2 Å². The molecule has 3 rings (SSSR count). The quantitative estimate of drug-likeness (QED) is 0.552. The molecule has 0 radical (unpaired) electrons. The Bertz CT molecular complexity index is 1050. The lowest BCUT2D eigenvalue weighted by atomic mass is 9.92. The van der Waals surface area contributed by atoms with Gasteiger partial charge in [0.1, 0.15) is 11.4 Å². The summed E-state index contributed by atoms with van der Waals surface area (Å²) < 4.78 is 43.2. The van der Waals surface area contributed by atoms with Gasteiger partial charge in [-0.2, -0.15) is 0 Å². The third-order valence-corrected chi connectivity index (χ3v) is 4.56. The van der Waals surface area contributed by atoms with Gasteiger partial charge in [-0.1, -0.05) is 45.0 Å². The highest BCUT2D eigenvalue weighted by molar-refractivity contribution is 5.93. The molecule has 31 heavy (non-hydrogen) atoms. The molecular formula is C23H24F3N3O2. The van der Waals surface area contributed by atoms with E-state index in [0.29, 0.717) is 29.1 Å². The van der Waals surface area contributed by atoms with Crippen LogP contribution in [0, 0.1) is 5.41 Å². The highest BCUT2D eigenvalue weighted by Gasteiger charge is 2.31. The van der Waals surface area contributed by atoms with E-state index in [1.165, 1.54) is 30.7 Å². The lowest BCUT2D eigenvalue weighted by Gasteiger charge is -2.18. The zero-order chi connectivity index (χ0) is 22.6. The van der Waals surface area contributed by atoms with Crippen LogP contribution in [0.1, 0.15) is 37.7 Å². The minimum Gasteiger partial charge on any atom is -0.406 e. The second kappa shape index (κ2) is 8.83. The van der Waals surface area contributed by atoms with Crippen LogP contribution in [0.3, 0.4) is 0 Å². The molecule has 0 fully saturated rings. The topological polar surface area (TPSA) is 56.2 Å². The zero-order valence-electron chi connectivity index (χ0n) is 17.5. The Kier molecular flexibility index (Phi) is 6.38. The molecule has 164 valence electrons. The number of benzene rings is 2. The Morgan fingerprint density at radius 2 is 1.74 bits per heavy atom. The lowest BCUT2D eigenvalue weighted by Crippen LogP contribution is -2.28. The van der Waals surface area contributed by atoms with E-state index in [2.05, 4.69) is 35.8 Å². The fourth-order valence-corrected chi connectivity index (χ4v) is 3.02. The van der Waals surface area contributed by atoms with E-state index in [1.54, 1.807) is 34.9 Å². The number of hydrogen-bond donors (Lipinski definition) is 1. The van der Waals surface area contributed by atoms with Crippen LogP contribution in [0.5, 0.6) is 5.75 Å². The summed E-state index contributed by atoms with van der Waals surface area (Å²) in [5.74, 6) is -0.537. The second-order valence-corrected chi connectivity index (χ2v) is 8.34. The van der Waals surface area contributed by atoms with Gasteiger partial charge in [-0.05, 0) is 47.2 Å². The van der Waals surface area contributed by atoms with Crippen molar-refractivity contribution in [3.63, 3.8) is 0 Å². The number of amides is 1. The largest absolute Gasteiger partial charge is 0.573 e. The summed E-state index contributed by atoms with van der Waals surface area (Å²) >= 11 is 0. The maximum absolute atomic E-state index is 12.6. The van der Waals surface area contributed by atoms with Crippen LogP contribution >= 0.6 is 0 Å². The molecule has 1 aromatic heterocycles. The van der Waals surface area contributed by atoms with Crippen molar-refractivity contribution in [3.05, 3.63) is 66.7 Å². The van der Waals surface area contributed by atoms with Crippen LogP contribution in [0.15, 0.2) is 61.1 Å². The number of halogens is 3. The van der Waals surface area contributed by atoms with Crippen molar-refractivity contribution in [3.8, 4) is 22.6 Å². The predicted octanol–water partition coefficient (Wildman–Crippen LogP) is 5.60. The van der Waals surface area contributed by atoms with Crippen LogP contribution in [0.4, 0.5) is 13.2 Å². The summed E-state index contributed by atoms with van der Waals surface area (Å²) in [6.45, 7) is 6.84. The average molecular weight is 431 g/mol. The van der Waals surface area contributed by atoms with Crippen molar-refractivity contribution >= 4 is 5.91 Å². The first-order valence-electron chi connectivity index (χ1n) is 9.79. The third-order valence-electron chi connectivity index (χ3n) is 4.56. The number of rotatable bonds is 6. The van der Waals surface area contributed by atoms with Gasteiger partial charge in [0.2, 0.25) is 0 Å². The summed E-state index contributed by atoms with van der Waals surface area (Å²) in [6.07, 6.45) is -0.914. The van der Waals surface area contributed by atoms with E-state index in [1.807, 2.05) is 0 Å². The molecule has 0 unspecified atom stereocenters. The summed E-state index contributed by atoms with van der Waals surface area (Å²) in [7, 11) is 0. The Balaban J connectivity index is 1.83. The SMILES string of the molecule is CC(C)(C)CCNC(=O)c1cncn1-c1cccc(-c2cccc(OC(F)(F)F)c2)c1. The highest BCUT2D eigenvalue weighted by Crippen LogP contribution is 2.29. The standard InChI is InChI=1S/C23H24F3N3O2/c1-22(2,3)10-11-28-21(30)20-14-27-15-29(20)18-8-4-6-16(12-18)17-7-5-9-19(13-17)31-23(24,25)26/h4-9,12-15H,10-11H2,1-3H3,(H,28,30). The van der Waals surface area contributed by atoms with E-state index in [4.69, 9.17) is 0 Å². The highest BCUT2D eigenvalue weighted by atomic mass is 19.4. The number of hydrogen-bond acceptors (Lipinski definition) is 3. The molecule has 3 aromatic rings. The van der Waals surface area contributed by atoms with E-state index in [-0.39, 0.29) is 17.1 Å². The van der Waals surface area contributed by atoms with Crippen molar-refractivity contribution in [2.24, 2.45) is 5.41 Å². The first-order valence-corrected chi connectivity index (χ1v) is 9.79. The van der Waals surface area contributed by atoms with Crippen molar-refractivity contribution < 1.29 is 22.7 Å². The molecule has 0 aliphatic carbocycles. The molecule has 0 saturated carbocycles. The van der Waals surface area contributed by atoms with Gasteiger partial charge < -0.3 is 10.1 Å².